The summed E-state index contributed by atoms with van der Waals surface area (Å²) in [7, 11) is 0. The predicted molar refractivity (Wildman–Crippen MR) is 147 cm³/mol. The monoisotopic (exact) mass is 465 g/mol. The topological polar surface area (TPSA) is 23.8 Å². The molecule has 1 nitrogen and oxygen atoms in total. The number of halogens is 1. The van der Waals surface area contributed by atoms with Crippen molar-refractivity contribution < 1.29 is 0 Å². The molecule has 0 bridgehead atoms. The summed E-state index contributed by atoms with van der Waals surface area (Å²) < 4.78 is 0. The molecule has 0 fully saturated rings. The molecule has 0 aliphatic carbocycles. The fraction of sp³-hybridized carbons (Fsp3) is 0. The van der Waals surface area contributed by atoms with E-state index in [0.29, 0.717) is 10.6 Å². The normalized spacial score (nSPS) is 11.0. The number of benzene rings is 6. The lowest BCUT2D eigenvalue weighted by Gasteiger charge is -2.16. The van der Waals surface area contributed by atoms with Gasteiger partial charge in [0.1, 0.15) is 0 Å². The van der Waals surface area contributed by atoms with Crippen molar-refractivity contribution in [1.29, 1.82) is 5.26 Å². The quantitative estimate of drug-likeness (QED) is 0.239. The first-order valence-corrected chi connectivity index (χ1v) is 11.9. The molecule has 6 aromatic rings. The van der Waals surface area contributed by atoms with Gasteiger partial charge in [0.15, 0.2) is 0 Å². The first-order valence-electron chi connectivity index (χ1n) is 11.5. The van der Waals surface area contributed by atoms with E-state index >= 15 is 0 Å². The van der Waals surface area contributed by atoms with E-state index in [2.05, 4.69) is 103 Å². The molecule has 0 saturated heterocycles. The zero-order valence-electron chi connectivity index (χ0n) is 18.9. The Morgan fingerprint density at radius 1 is 0.486 bits per heavy atom. The Kier molecular flexibility index (Phi) is 5.30. The van der Waals surface area contributed by atoms with Gasteiger partial charge >= 0.3 is 0 Å². The second kappa shape index (κ2) is 8.76. The van der Waals surface area contributed by atoms with Gasteiger partial charge < -0.3 is 0 Å². The third kappa shape index (κ3) is 3.75. The van der Waals surface area contributed by atoms with E-state index in [1.165, 1.54) is 32.7 Å². The van der Waals surface area contributed by atoms with Crippen LogP contribution in [0, 0.1) is 11.3 Å². The first-order chi connectivity index (χ1) is 17.2. The van der Waals surface area contributed by atoms with Crippen LogP contribution in [-0.2, 0) is 0 Å². The van der Waals surface area contributed by atoms with Crippen LogP contribution in [0.1, 0.15) is 5.56 Å². The molecule has 0 aliphatic heterocycles. The minimum absolute atomic E-state index is 0.595. The molecule has 0 atom stereocenters. The van der Waals surface area contributed by atoms with Crippen LogP contribution in [0.2, 0.25) is 5.02 Å². The molecule has 2 heteroatoms. The van der Waals surface area contributed by atoms with E-state index in [-0.39, 0.29) is 0 Å². The van der Waals surface area contributed by atoms with Crippen LogP contribution < -0.4 is 0 Å². The van der Waals surface area contributed by atoms with Crippen LogP contribution in [0.3, 0.4) is 0 Å². The summed E-state index contributed by atoms with van der Waals surface area (Å²) in [5, 5.41) is 15.0. The lowest BCUT2D eigenvalue weighted by molar-refractivity contribution is 1.48. The highest BCUT2D eigenvalue weighted by Gasteiger charge is 2.14. The summed E-state index contributed by atoms with van der Waals surface area (Å²) in [4.78, 5) is 0. The van der Waals surface area contributed by atoms with Gasteiger partial charge in [-0.15, -0.1) is 0 Å². The van der Waals surface area contributed by atoms with Gasteiger partial charge in [0, 0.05) is 10.6 Å². The lowest BCUT2D eigenvalue weighted by atomic mass is 9.88. The number of rotatable bonds is 3. The molecule has 0 aliphatic rings. The fourth-order valence-electron chi connectivity index (χ4n) is 4.92. The molecular formula is C33H20ClN. The largest absolute Gasteiger partial charge is 0.192 e. The summed E-state index contributed by atoms with van der Waals surface area (Å²) in [6, 6.07) is 44.0. The summed E-state index contributed by atoms with van der Waals surface area (Å²) in [5.41, 5.74) is 7.10. The first kappa shape index (κ1) is 21.2. The highest BCUT2D eigenvalue weighted by atomic mass is 35.5. The Hall–Kier alpha value is -4.38. The van der Waals surface area contributed by atoms with Crippen molar-refractivity contribution in [3.05, 3.63) is 132 Å². The Bertz CT molecular complexity index is 1770. The Morgan fingerprint density at radius 2 is 1.14 bits per heavy atom. The molecule has 0 aromatic heterocycles. The van der Waals surface area contributed by atoms with Crippen LogP contribution in [0.15, 0.2) is 121 Å². The summed E-state index contributed by atoms with van der Waals surface area (Å²) in [6.45, 7) is 0. The van der Waals surface area contributed by atoms with Crippen molar-refractivity contribution in [3.63, 3.8) is 0 Å². The minimum Gasteiger partial charge on any atom is -0.192 e. The zero-order valence-corrected chi connectivity index (χ0v) is 19.6. The summed E-state index contributed by atoms with van der Waals surface area (Å²) in [5.74, 6) is 0. The van der Waals surface area contributed by atoms with Crippen molar-refractivity contribution in [1.82, 2.24) is 0 Å². The van der Waals surface area contributed by atoms with Crippen molar-refractivity contribution in [2.75, 3.05) is 0 Å². The highest BCUT2D eigenvalue weighted by molar-refractivity contribution is 6.33. The second-order valence-electron chi connectivity index (χ2n) is 8.62. The Balaban J connectivity index is 1.58. The van der Waals surface area contributed by atoms with E-state index in [4.69, 9.17) is 11.6 Å². The second-order valence-corrected chi connectivity index (χ2v) is 9.03. The van der Waals surface area contributed by atoms with Gasteiger partial charge in [-0.1, -0.05) is 103 Å². The molecule has 0 spiro atoms. The number of hydrogen-bond acceptors (Lipinski definition) is 1. The Labute approximate surface area is 209 Å². The Morgan fingerprint density at radius 3 is 1.94 bits per heavy atom. The van der Waals surface area contributed by atoms with Gasteiger partial charge in [0.25, 0.3) is 0 Å². The van der Waals surface area contributed by atoms with E-state index in [9.17, 15) is 5.26 Å². The van der Waals surface area contributed by atoms with Crippen LogP contribution in [0.25, 0.3) is 54.9 Å². The van der Waals surface area contributed by atoms with E-state index in [1.807, 2.05) is 12.1 Å². The fourth-order valence-corrected chi connectivity index (χ4v) is 5.14. The molecule has 35 heavy (non-hydrogen) atoms. The molecule has 164 valence electrons. The average molecular weight is 466 g/mol. The van der Waals surface area contributed by atoms with Crippen LogP contribution in [0.4, 0.5) is 0 Å². The van der Waals surface area contributed by atoms with Gasteiger partial charge in [-0.05, 0) is 79.7 Å². The van der Waals surface area contributed by atoms with E-state index in [1.54, 1.807) is 12.1 Å². The molecule has 0 radical (unpaired) electrons. The van der Waals surface area contributed by atoms with Gasteiger partial charge in [-0.25, -0.2) is 0 Å². The SMILES string of the molecule is N#Cc1ccc(Cl)c(-c2cccc(-c3ccccc3-c3cc4ccccc4c4ccccc34)c2)c1. The molecule has 0 unspecified atom stereocenters. The van der Waals surface area contributed by atoms with E-state index in [0.717, 1.165) is 22.3 Å². The standard InChI is InChI=1S/C33H20ClN/c34-33-17-16-22(21-35)18-31(33)24-10-7-9-23(19-24)26-12-3-4-14-29(26)32-20-25-8-1-2-11-27(25)28-13-5-6-15-30(28)32/h1-20H. The maximum Gasteiger partial charge on any atom is 0.0991 e. The van der Waals surface area contributed by atoms with Crippen LogP contribution in [-0.4, -0.2) is 0 Å². The third-order valence-electron chi connectivity index (χ3n) is 6.57. The number of hydrogen-bond donors (Lipinski definition) is 0. The number of fused-ring (bicyclic) bond motifs is 3. The zero-order chi connectivity index (χ0) is 23.8. The average Bonchev–Trinajstić information content (AvgIpc) is 2.93. The van der Waals surface area contributed by atoms with Crippen LogP contribution in [0.5, 0.6) is 0 Å². The molecule has 6 aromatic carbocycles. The predicted octanol–water partition coefficient (Wildman–Crippen LogP) is 9.52. The van der Waals surface area contributed by atoms with E-state index < -0.39 is 0 Å². The number of nitriles is 1. The van der Waals surface area contributed by atoms with Crippen molar-refractivity contribution in [2.45, 2.75) is 0 Å². The highest BCUT2D eigenvalue weighted by Crippen LogP contribution is 2.40. The van der Waals surface area contributed by atoms with Gasteiger partial charge in [-0.2, -0.15) is 5.26 Å². The molecular weight excluding hydrogens is 446 g/mol. The van der Waals surface area contributed by atoms with Crippen molar-refractivity contribution >= 4 is 33.1 Å². The summed E-state index contributed by atoms with van der Waals surface area (Å²) in [6.07, 6.45) is 0. The minimum atomic E-state index is 0.595. The van der Waals surface area contributed by atoms with Crippen molar-refractivity contribution in [3.8, 4) is 39.4 Å². The van der Waals surface area contributed by atoms with Gasteiger partial charge in [-0.3, -0.25) is 0 Å². The maximum absolute atomic E-state index is 9.36. The maximum atomic E-state index is 9.36. The van der Waals surface area contributed by atoms with Crippen LogP contribution >= 0.6 is 11.6 Å². The smallest absolute Gasteiger partial charge is 0.0991 e. The molecule has 0 N–H and O–H groups in total. The molecule has 6 rings (SSSR count). The molecule has 0 heterocycles. The molecule has 0 amide bonds. The number of nitrogens with zero attached hydrogens (tertiary/aromatic N) is 1. The molecule has 0 saturated carbocycles. The van der Waals surface area contributed by atoms with Gasteiger partial charge in [0.05, 0.1) is 11.6 Å². The third-order valence-corrected chi connectivity index (χ3v) is 6.89. The van der Waals surface area contributed by atoms with Crippen molar-refractivity contribution in [2.24, 2.45) is 0 Å². The van der Waals surface area contributed by atoms with Gasteiger partial charge in [0.2, 0.25) is 0 Å². The summed E-state index contributed by atoms with van der Waals surface area (Å²) >= 11 is 6.52. The lowest BCUT2D eigenvalue weighted by Crippen LogP contribution is -1.89.